The van der Waals surface area contributed by atoms with E-state index in [0.29, 0.717) is 36.2 Å². The standard InChI is InChI=1S/C20H31N3O4S/c1-6-27-20(26)15-8-7-9-23(11-15)17(24)12-22(5)19(25)18-14(4)21-16(28-18)10-13(2)3/h13,15H,6-12H2,1-5H3. The van der Waals surface area contributed by atoms with Crippen LogP contribution in [0.15, 0.2) is 0 Å². The van der Waals surface area contributed by atoms with E-state index in [2.05, 4.69) is 18.8 Å². The highest BCUT2D eigenvalue weighted by molar-refractivity contribution is 7.13. The summed E-state index contributed by atoms with van der Waals surface area (Å²) in [5.41, 5.74) is 0.713. The maximum atomic E-state index is 12.8. The van der Waals surface area contributed by atoms with E-state index >= 15 is 0 Å². The van der Waals surface area contributed by atoms with Crippen molar-refractivity contribution in [2.75, 3.05) is 33.3 Å². The molecule has 0 spiro atoms. The van der Waals surface area contributed by atoms with Gasteiger partial charge in [0.05, 0.1) is 29.8 Å². The molecule has 1 aromatic rings. The topological polar surface area (TPSA) is 79.8 Å². The number of nitrogens with zero attached hydrogens (tertiary/aromatic N) is 3. The smallest absolute Gasteiger partial charge is 0.310 e. The van der Waals surface area contributed by atoms with Gasteiger partial charge in [0.15, 0.2) is 0 Å². The van der Waals surface area contributed by atoms with Gasteiger partial charge in [0.2, 0.25) is 5.91 Å². The fourth-order valence-corrected chi connectivity index (χ4v) is 4.56. The summed E-state index contributed by atoms with van der Waals surface area (Å²) in [6, 6.07) is 0. The van der Waals surface area contributed by atoms with Crippen LogP contribution in [0.25, 0.3) is 0 Å². The van der Waals surface area contributed by atoms with Crippen LogP contribution in [0.3, 0.4) is 0 Å². The van der Waals surface area contributed by atoms with E-state index in [1.807, 2.05) is 6.92 Å². The van der Waals surface area contributed by atoms with Crippen LogP contribution < -0.4 is 0 Å². The first-order valence-electron chi connectivity index (χ1n) is 9.89. The van der Waals surface area contributed by atoms with Crippen LogP contribution in [0, 0.1) is 18.8 Å². The van der Waals surface area contributed by atoms with Gasteiger partial charge in [0.1, 0.15) is 4.88 Å². The van der Waals surface area contributed by atoms with Crippen LogP contribution in [-0.4, -0.2) is 65.9 Å². The summed E-state index contributed by atoms with van der Waals surface area (Å²) in [5.74, 6) is -0.380. The first kappa shape index (κ1) is 22.3. The molecule has 0 N–H and O–H groups in total. The Balaban J connectivity index is 1.97. The van der Waals surface area contributed by atoms with Crippen molar-refractivity contribution in [3.05, 3.63) is 15.6 Å². The van der Waals surface area contributed by atoms with Gasteiger partial charge in [0, 0.05) is 26.6 Å². The van der Waals surface area contributed by atoms with Gasteiger partial charge in [0.25, 0.3) is 5.91 Å². The Labute approximate surface area is 171 Å². The molecule has 1 aliphatic rings. The molecular weight excluding hydrogens is 378 g/mol. The van der Waals surface area contributed by atoms with Crippen LogP contribution in [0.4, 0.5) is 0 Å². The molecule has 7 nitrogen and oxygen atoms in total. The average Bonchev–Trinajstić information content (AvgIpc) is 3.00. The van der Waals surface area contributed by atoms with Crippen LogP contribution in [0.5, 0.6) is 0 Å². The molecule has 1 atom stereocenters. The van der Waals surface area contributed by atoms with Crippen molar-refractivity contribution >= 4 is 29.1 Å². The van der Waals surface area contributed by atoms with Gasteiger partial charge in [-0.15, -0.1) is 11.3 Å². The first-order chi connectivity index (χ1) is 13.2. The van der Waals surface area contributed by atoms with Crippen LogP contribution in [0.2, 0.25) is 0 Å². The second-order valence-corrected chi connectivity index (χ2v) is 8.80. The molecule has 1 fully saturated rings. The molecule has 0 saturated carbocycles. The van der Waals surface area contributed by atoms with Crippen molar-refractivity contribution in [2.45, 2.75) is 47.0 Å². The number of carbonyl (C=O) groups is 3. The van der Waals surface area contributed by atoms with Gasteiger partial charge in [-0.05, 0) is 32.6 Å². The predicted molar refractivity (Wildman–Crippen MR) is 108 cm³/mol. The maximum absolute atomic E-state index is 12.8. The molecule has 28 heavy (non-hydrogen) atoms. The second kappa shape index (κ2) is 10.0. The number of aromatic nitrogens is 1. The van der Waals surface area contributed by atoms with E-state index < -0.39 is 0 Å². The van der Waals surface area contributed by atoms with E-state index in [-0.39, 0.29) is 30.2 Å². The number of likely N-dealkylation sites (N-methyl/N-ethyl adjacent to an activating group) is 1. The van der Waals surface area contributed by atoms with Crippen molar-refractivity contribution < 1.29 is 19.1 Å². The fraction of sp³-hybridized carbons (Fsp3) is 0.700. The number of likely N-dealkylation sites (tertiary alicyclic amines) is 1. The Kier molecular flexibility index (Phi) is 7.98. The fourth-order valence-electron chi connectivity index (χ4n) is 3.29. The molecule has 2 heterocycles. The van der Waals surface area contributed by atoms with Gasteiger partial charge < -0.3 is 14.5 Å². The molecular formula is C20H31N3O4S. The Morgan fingerprint density at radius 2 is 2.07 bits per heavy atom. The number of amides is 2. The monoisotopic (exact) mass is 409 g/mol. The lowest BCUT2D eigenvalue weighted by molar-refractivity contribution is -0.151. The zero-order valence-electron chi connectivity index (χ0n) is 17.5. The molecule has 0 aromatic carbocycles. The van der Waals surface area contributed by atoms with Crippen LogP contribution >= 0.6 is 11.3 Å². The Hall–Kier alpha value is -1.96. The number of piperidine rings is 1. The largest absolute Gasteiger partial charge is 0.466 e. The van der Waals surface area contributed by atoms with E-state index in [1.54, 1.807) is 18.9 Å². The van der Waals surface area contributed by atoms with Gasteiger partial charge in [-0.3, -0.25) is 14.4 Å². The molecule has 0 radical (unpaired) electrons. The molecule has 1 aliphatic heterocycles. The molecule has 1 aromatic heterocycles. The van der Waals surface area contributed by atoms with Crippen LogP contribution in [0.1, 0.15) is 54.0 Å². The number of thiazole rings is 1. The van der Waals surface area contributed by atoms with Crippen molar-refractivity contribution in [3.8, 4) is 0 Å². The predicted octanol–water partition coefficient (Wildman–Crippen LogP) is 2.52. The molecule has 2 rings (SSSR count). The molecule has 0 aliphatic carbocycles. The van der Waals surface area contributed by atoms with Crippen molar-refractivity contribution in [1.29, 1.82) is 0 Å². The second-order valence-electron chi connectivity index (χ2n) is 7.71. The van der Waals surface area contributed by atoms with Gasteiger partial charge in [-0.1, -0.05) is 13.8 Å². The maximum Gasteiger partial charge on any atom is 0.310 e. The molecule has 1 unspecified atom stereocenters. The Morgan fingerprint density at radius 1 is 1.36 bits per heavy atom. The number of ether oxygens (including phenoxy) is 1. The highest BCUT2D eigenvalue weighted by Crippen LogP contribution is 2.23. The van der Waals surface area contributed by atoms with E-state index in [9.17, 15) is 14.4 Å². The SMILES string of the molecule is CCOC(=O)C1CCCN(C(=O)CN(C)C(=O)c2sc(CC(C)C)nc2C)C1. The van der Waals surface area contributed by atoms with E-state index in [0.717, 1.165) is 24.3 Å². The summed E-state index contributed by atoms with van der Waals surface area (Å²) >= 11 is 1.41. The molecule has 8 heteroatoms. The number of aryl methyl sites for hydroxylation is 1. The highest BCUT2D eigenvalue weighted by Gasteiger charge is 2.30. The minimum Gasteiger partial charge on any atom is -0.466 e. The minimum absolute atomic E-state index is 0.00870. The summed E-state index contributed by atoms with van der Waals surface area (Å²) in [5, 5.41) is 0.948. The Morgan fingerprint density at radius 3 is 2.71 bits per heavy atom. The molecule has 1 saturated heterocycles. The third kappa shape index (κ3) is 5.77. The summed E-state index contributed by atoms with van der Waals surface area (Å²) in [6.07, 6.45) is 2.33. The quantitative estimate of drug-likeness (QED) is 0.647. The summed E-state index contributed by atoms with van der Waals surface area (Å²) in [7, 11) is 1.63. The molecule has 156 valence electrons. The zero-order chi connectivity index (χ0) is 20.8. The Bertz CT molecular complexity index is 716. The molecule has 0 bridgehead atoms. The lowest BCUT2D eigenvalue weighted by Crippen LogP contribution is -2.47. The lowest BCUT2D eigenvalue weighted by atomic mass is 9.98. The number of hydrogen-bond donors (Lipinski definition) is 0. The summed E-state index contributed by atoms with van der Waals surface area (Å²) < 4.78 is 5.08. The number of hydrogen-bond acceptors (Lipinski definition) is 6. The normalized spacial score (nSPS) is 16.9. The third-order valence-electron chi connectivity index (χ3n) is 4.73. The van der Waals surface area contributed by atoms with Gasteiger partial charge in [-0.2, -0.15) is 0 Å². The summed E-state index contributed by atoms with van der Waals surface area (Å²) in [4.78, 5) is 45.6. The highest BCUT2D eigenvalue weighted by atomic mass is 32.1. The number of carbonyl (C=O) groups excluding carboxylic acids is 3. The zero-order valence-corrected chi connectivity index (χ0v) is 18.3. The lowest BCUT2D eigenvalue weighted by Gasteiger charge is -2.32. The van der Waals surface area contributed by atoms with Crippen molar-refractivity contribution in [2.24, 2.45) is 11.8 Å². The number of rotatable bonds is 7. The van der Waals surface area contributed by atoms with Gasteiger partial charge in [-0.25, -0.2) is 4.98 Å². The average molecular weight is 410 g/mol. The third-order valence-corrected chi connectivity index (χ3v) is 5.90. The van der Waals surface area contributed by atoms with Crippen LogP contribution in [-0.2, 0) is 20.7 Å². The molecule has 2 amide bonds. The van der Waals surface area contributed by atoms with E-state index in [4.69, 9.17) is 4.74 Å². The van der Waals surface area contributed by atoms with Crippen molar-refractivity contribution in [1.82, 2.24) is 14.8 Å². The number of esters is 1. The summed E-state index contributed by atoms with van der Waals surface area (Å²) in [6.45, 7) is 9.14. The van der Waals surface area contributed by atoms with Crippen molar-refractivity contribution in [3.63, 3.8) is 0 Å². The minimum atomic E-state index is -0.277. The van der Waals surface area contributed by atoms with E-state index in [1.165, 1.54) is 16.2 Å². The van der Waals surface area contributed by atoms with Gasteiger partial charge >= 0.3 is 5.97 Å². The first-order valence-corrected chi connectivity index (χ1v) is 10.7.